The summed E-state index contributed by atoms with van der Waals surface area (Å²) in [5.74, 6) is 0.203. The van der Waals surface area contributed by atoms with Crippen molar-refractivity contribution in [2.24, 2.45) is 5.92 Å². The molecular formula is C21H31N5O2. The van der Waals surface area contributed by atoms with E-state index in [2.05, 4.69) is 9.88 Å². The summed E-state index contributed by atoms with van der Waals surface area (Å²) in [6.07, 6.45) is 7.69. The molecule has 0 unspecified atom stereocenters. The highest BCUT2D eigenvalue weighted by molar-refractivity contribution is 5.81. The Balaban J connectivity index is 1.27. The molecule has 7 heteroatoms. The first kappa shape index (κ1) is 19.2. The fourth-order valence-corrected chi connectivity index (χ4v) is 4.59. The number of hydrogen-bond acceptors (Lipinski definition) is 4. The second kappa shape index (κ2) is 8.90. The summed E-state index contributed by atoms with van der Waals surface area (Å²) in [5.41, 5.74) is 1.26. The van der Waals surface area contributed by atoms with Gasteiger partial charge in [0.2, 0.25) is 5.91 Å². The number of pyridine rings is 1. The Kier molecular flexibility index (Phi) is 6.10. The van der Waals surface area contributed by atoms with Gasteiger partial charge in [0.1, 0.15) is 0 Å². The lowest BCUT2D eigenvalue weighted by Gasteiger charge is -2.39. The van der Waals surface area contributed by atoms with Crippen molar-refractivity contribution in [1.29, 1.82) is 0 Å². The highest BCUT2D eigenvalue weighted by Gasteiger charge is 2.34. The highest BCUT2D eigenvalue weighted by Crippen LogP contribution is 2.22. The van der Waals surface area contributed by atoms with Gasteiger partial charge in [-0.25, -0.2) is 4.79 Å². The van der Waals surface area contributed by atoms with Crippen LogP contribution < -0.4 is 0 Å². The summed E-state index contributed by atoms with van der Waals surface area (Å²) >= 11 is 0. The molecule has 3 fully saturated rings. The molecule has 0 radical (unpaired) electrons. The minimum atomic E-state index is -0.0351. The second-order valence-electron chi connectivity index (χ2n) is 8.22. The molecule has 0 spiro atoms. The number of aromatic nitrogens is 1. The van der Waals surface area contributed by atoms with E-state index >= 15 is 0 Å². The van der Waals surface area contributed by atoms with Gasteiger partial charge in [-0.05, 0) is 43.4 Å². The highest BCUT2D eigenvalue weighted by atomic mass is 16.2. The van der Waals surface area contributed by atoms with Crippen LogP contribution in [-0.2, 0) is 11.3 Å². The van der Waals surface area contributed by atoms with E-state index in [-0.39, 0.29) is 17.9 Å². The number of nitrogens with zero attached hydrogens (tertiary/aromatic N) is 5. The van der Waals surface area contributed by atoms with Gasteiger partial charge in [0.15, 0.2) is 0 Å². The van der Waals surface area contributed by atoms with Crippen LogP contribution in [0.2, 0.25) is 0 Å². The van der Waals surface area contributed by atoms with Crippen molar-refractivity contribution in [1.82, 2.24) is 24.6 Å². The molecule has 1 aromatic heterocycles. The predicted octanol–water partition coefficient (Wildman–Crippen LogP) is 1.65. The van der Waals surface area contributed by atoms with Crippen LogP contribution >= 0.6 is 0 Å². The lowest BCUT2D eigenvalue weighted by molar-refractivity contribution is -0.138. The van der Waals surface area contributed by atoms with Gasteiger partial charge in [0, 0.05) is 71.3 Å². The normalized spacial score (nSPS) is 23.9. The minimum Gasteiger partial charge on any atom is -0.340 e. The molecule has 3 amide bonds. The molecule has 0 aromatic carbocycles. The first-order valence-electron chi connectivity index (χ1n) is 10.6. The van der Waals surface area contributed by atoms with Crippen LogP contribution in [0.5, 0.6) is 0 Å². The average Bonchev–Trinajstić information content (AvgIpc) is 3.29. The molecule has 1 aromatic rings. The van der Waals surface area contributed by atoms with E-state index in [4.69, 9.17) is 0 Å². The maximum Gasteiger partial charge on any atom is 0.320 e. The van der Waals surface area contributed by atoms with E-state index in [1.807, 2.05) is 39.2 Å². The molecular weight excluding hydrogens is 354 g/mol. The molecule has 0 bridgehead atoms. The van der Waals surface area contributed by atoms with Crippen molar-refractivity contribution < 1.29 is 9.59 Å². The number of piperidine rings is 1. The molecule has 0 saturated carbocycles. The first-order chi connectivity index (χ1) is 13.7. The number of carbonyl (C=O) groups excluding carboxylic acids is 2. The zero-order valence-electron chi connectivity index (χ0n) is 16.6. The smallest absolute Gasteiger partial charge is 0.320 e. The van der Waals surface area contributed by atoms with E-state index in [1.54, 1.807) is 0 Å². The number of rotatable bonds is 3. The van der Waals surface area contributed by atoms with Crippen LogP contribution in [0.4, 0.5) is 4.79 Å². The molecule has 7 nitrogen and oxygen atoms in total. The zero-order valence-corrected chi connectivity index (χ0v) is 16.6. The first-order valence-corrected chi connectivity index (χ1v) is 10.6. The molecule has 3 saturated heterocycles. The Morgan fingerprint density at radius 2 is 1.54 bits per heavy atom. The fourth-order valence-electron chi connectivity index (χ4n) is 4.59. The number of urea groups is 1. The van der Waals surface area contributed by atoms with E-state index in [9.17, 15) is 9.59 Å². The molecule has 0 N–H and O–H groups in total. The largest absolute Gasteiger partial charge is 0.340 e. The molecule has 3 aliphatic heterocycles. The topological polar surface area (TPSA) is 60.0 Å². The Labute approximate surface area is 167 Å². The summed E-state index contributed by atoms with van der Waals surface area (Å²) in [7, 11) is 0. The van der Waals surface area contributed by atoms with Crippen molar-refractivity contribution in [3.63, 3.8) is 0 Å². The summed E-state index contributed by atoms with van der Waals surface area (Å²) in [6, 6.07) is 4.23. The molecule has 1 atom stereocenters. The third kappa shape index (κ3) is 4.46. The number of amides is 3. The maximum absolute atomic E-state index is 13.1. The van der Waals surface area contributed by atoms with Crippen molar-refractivity contribution >= 4 is 11.9 Å². The summed E-state index contributed by atoms with van der Waals surface area (Å²) in [6.45, 7) is 7.38. The average molecular weight is 386 g/mol. The third-order valence-corrected chi connectivity index (χ3v) is 6.26. The minimum absolute atomic E-state index is 0.0351. The SMILES string of the molecule is O=C([C@H]1CCCN(C(=O)N2CCCC2)C1)N1CCN(Cc2ccncc2)CC1. The number of hydrogen-bond donors (Lipinski definition) is 0. The van der Waals surface area contributed by atoms with Crippen LogP contribution in [0.25, 0.3) is 0 Å². The van der Waals surface area contributed by atoms with Gasteiger partial charge >= 0.3 is 6.03 Å². The second-order valence-corrected chi connectivity index (χ2v) is 8.22. The maximum atomic E-state index is 13.1. The molecule has 152 valence electrons. The van der Waals surface area contributed by atoms with Gasteiger partial charge in [-0.15, -0.1) is 0 Å². The van der Waals surface area contributed by atoms with Crippen LogP contribution in [0.15, 0.2) is 24.5 Å². The van der Waals surface area contributed by atoms with Crippen molar-refractivity contribution in [2.75, 3.05) is 52.4 Å². The quantitative estimate of drug-likeness (QED) is 0.794. The lowest BCUT2D eigenvalue weighted by Crippen LogP contribution is -2.54. The van der Waals surface area contributed by atoms with E-state index in [0.29, 0.717) is 6.54 Å². The monoisotopic (exact) mass is 385 g/mol. The van der Waals surface area contributed by atoms with Crippen LogP contribution in [0.3, 0.4) is 0 Å². The predicted molar refractivity (Wildman–Crippen MR) is 107 cm³/mol. The summed E-state index contributed by atoms with van der Waals surface area (Å²) in [5, 5.41) is 0. The standard InChI is InChI=1S/C21H31N5O2/c27-20(19-4-3-11-26(17-19)21(28)25-9-1-2-10-25)24-14-12-23(13-15-24)16-18-5-7-22-8-6-18/h5-8,19H,1-4,9-17H2/t19-/m0/s1. The zero-order chi connectivity index (χ0) is 19.3. The van der Waals surface area contributed by atoms with E-state index < -0.39 is 0 Å². The Morgan fingerprint density at radius 3 is 2.25 bits per heavy atom. The van der Waals surface area contributed by atoms with Gasteiger partial charge in [-0.3, -0.25) is 14.7 Å². The van der Waals surface area contributed by atoms with Gasteiger partial charge < -0.3 is 14.7 Å². The summed E-state index contributed by atoms with van der Waals surface area (Å²) in [4.78, 5) is 38.1. The van der Waals surface area contributed by atoms with E-state index in [1.165, 1.54) is 5.56 Å². The molecule has 3 aliphatic rings. The van der Waals surface area contributed by atoms with Crippen LogP contribution in [0, 0.1) is 5.92 Å². The van der Waals surface area contributed by atoms with Crippen LogP contribution in [-0.4, -0.2) is 88.9 Å². The van der Waals surface area contributed by atoms with Gasteiger partial charge in [0.05, 0.1) is 5.92 Å². The van der Waals surface area contributed by atoms with Gasteiger partial charge in [0.25, 0.3) is 0 Å². The van der Waals surface area contributed by atoms with Crippen molar-refractivity contribution in [3.8, 4) is 0 Å². The van der Waals surface area contributed by atoms with Crippen LogP contribution in [0.1, 0.15) is 31.2 Å². The number of piperazine rings is 1. The Hall–Kier alpha value is -2.15. The summed E-state index contributed by atoms with van der Waals surface area (Å²) < 4.78 is 0. The number of carbonyl (C=O) groups is 2. The van der Waals surface area contributed by atoms with Crippen molar-refractivity contribution in [3.05, 3.63) is 30.1 Å². The molecule has 4 heterocycles. The molecule has 28 heavy (non-hydrogen) atoms. The molecule has 0 aliphatic carbocycles. The Morgan fingerprint density at radius 1 is 0.857 bits per heavy atom. The number of likely N-dealkylation sites (tertiary alicyclic amines) is 2. The van der Waals surface area contributed by atoms with E-state index in [0.717, 1.165) is 78.0 Å². The molecule has 4 rings (SSSR count). The third-order valence-electron chi connectivity index (χ3n) is 6.26. The fraction of sp³-hybridized carbons (Fsp3) is 0.667. The Bertz CT molecular complexity index is 669. The van der Waals surface area contributed by atoms with Crippen molar-refractivity contribution in [2.45, 2.75) is 32.2 Å². The van der Waals surface area contributed by atoms with Gasteiger partial charge in [-0.1, -0.05) is 0 Å². The lowest BCUT2D eigenvalue weighted by atomic mass is 9.96. The van der Waals surface area contributed by atoms with Gasteiger partial charge in [-0.2, -0.15) is 0 Å².